The van der Waals surface area contributed by atoms with Crippen LogP contribution in [0.1, 0.15) is 51.0 Å². The van der Waals surface area contributed by atoms with Crippen molar-refractivity contribution in [3.63, 3.8) is 0 Å². The van der Waals surface area contributed by atoms with Crippen LogP contribution in [0.5, 0.6) is 5.75 Å². The maximum absolute atomic E-state index is 13.5. The number of carbonyl (C=O) groups excluding carboxylic acids is 3. The number of ketones is 1. The summed E-state index contributed by atoms with van der Waals surface area (Å²) in [6.07, 6.45) is 1.34. The lowest BCUT2D eigenvalue weighted by Crippen LogP contribution is -2.38. The molecule has 10 heteroatoms. The molecule has 9 nitrogen and oxygen atoms in total. The van der Waals surface area contributed by atoms with Gasteiger partial charge in [-0.1, -0.05) is 18.2 Å². The largest absolute Gasteiger partial charge is 0.482 e. The summed E-state index contributed by atoms with van der Waals surface area (Å²) in [7, 11) is 0. The number of fused-ring (bicyclic) bond motifs is 2. The first-order chi connectivity index (χ1) is 18.2. The molecule has 0 fully saturated rings. The van der Waals surface area contributed by atoms with Crippen LogP contribution in [-0.2, 0) is 4.79 Å². The topological polar surface area (TPSA) is 111 Å². The van der Waals surface area contributed by atoms with E-state index in [2.05, 4.69) is 10.3 Å². The van der Waals surface area contributed by atoms with E-state index in [9.17, 15) is 19.2 Å². The average molecular weight is 531 g/mol. The molecule has 2 aromatic carbocycles. The number of ether oxygens (including phenoxy) is 1. The minimum Gasteiger partial charge on any atom is -0.482 e. The molecule has 1 unspecified atom stereocenters. The number of likely N-dealkylation sites (N-methyl/N-ethyl adjacent to an activating group) is 1. The molecule has 0 radical (unpaired) electrons. The van der Waals surface area contributed by atoms with Gasteiger partial charge in [-0.2, -0.15) is 0 Å². The van der Waals surface area contributed by atoms with Gasteiger partial charge in [-0.05, 0) is 63.1 Å². The summed E-state index contributed by atoms with van der Waals surface area (Å²) in [6, 6.07) is 11.5. The van der Waals surface area contributed by atoms with Crippen molar-refractivity contribution in [2.75, 3.05) is 23.4 Å². The maximum atomic E-state index is 13.5. The van der Waals surface area contributed by atoms with Crippen LogP contribution in [0.4, 0.5) is 11.4 Å². The van der Waals surface area contributed by atoms with Gasteiger partial charge in [0.25, 0.3) is 17.4 Å². The molecular weight excluding hydrogens is 504 g/mol. The lowest BCUT2D eigenvalue weighted by atomic mass is 10.0. The van der Waals surface area contributed by atoms with Crippen molar-refractivity contribution in [1.29, 1.82) is 0 Å². The Morgan fingerprint density at radius 3 is 2.66 bits per heavy atom. The Morgan fingerprint density at radius 2 is 1.92 bits per heavy atom. The van der Waals surface area contributed by atoms with Crippen LogP contribution in [0.15, 0.2) is 53.6 Å². The number of aromatic nitrogens is 2. The fraction of sp³-hybridized carbons (Fsp3) is 0.250. The molecule has 38 heavy (non-hydrogen) atoms. The number of thiophene rings is 1. The number of benzene rings is 2. The van der Waals surface area contributed by atoms with E-state index in [1.807, 2.05) is 38.1 Å². The van der Waals surface area contributed by atoms with E-state index in [0.717, 1.165) is 16.9 Å². The zero-order valence-corrected chi connectivity index (χ0v) is 22.2. The molecule has 2 amide bonds. The fourth-order valence-corrected chi connectivity index (χ4v) is 5.63. The second-order valence-corrected chi connectivity index (χ2v) is 10.1. The van der Waals surface area contributed by atoms with Gasteiger partial charge >= 0.3 is 0 Å². The van der Waals surface area contributed by atoms with Crippen molar-refractivity contribution in [2.45, 2.75) is 33.7 Å². The Bertz CT molecular complexity index is 1670. The first-order valence-electron chi connectivity index (χ1n) is 12.2. The number of hydrogen-bond acceptors (Lipinski definition) is 7. The fourth-order valence-electron chi connectivity index (χ4n) is 4.59. The number of hydrogen-bond donors (Lipinski definition) is 1. The Morgan fingerprint density at radius 1 is 1.16 bits per heavy atom. The van der Waals surface area contributed by atoms with E-state index in [0.29, 0.717) is 49.9 Å². The number of nitrogens with zero attached hydrogens (tertiary/aromatic N) is 3. The third kappa shape index (κ3) is 4.26. The van der Waals surface area contributed by atoms with Crippen molar-refractivity contribution < 1.29 is 19.1 Å². The minimum atomic E-state index is -0.865. The number of carbonyl (C=O) groups is 3. The molecule has 1 atom stereocenters. The van der Waals surface area contributed by atoms with Gasteiger partial charge in [0.05, 0.1) is 28.3 Å². The van der Waals surface area contributed by atoms with E-state index >= 15 is 0 Å². The monoisotopic (exact) mass is 530 g/mol. The summed E-state index contributed by atoms with van der Waals surface area (Å²) in [5, 5.41) is 3.22. The molecule has 3 heterocycles. The van der Waals surface area contributed by atoms with Crippen molar-refractivity contribution >= 4 is 50.5 Å². The third-order valence-corrected chi connectivity index (χ3v) is 7.97. The summed E-state index contributed by atoms with van der Waals surface area (Å²) in [5.74, 6) is -0.281. The zero-order chi connectivity index (χ0) is 27.1. The first kappa shape index (κ1) is 25.3. The van der Waals surface area contributed by atoms with Gasteiger partial charge in [-0.25, -0.2) is 4.98 Å². The molecule has 0 saturated heterocycles. The number of rotatable bonds is 6. The summed E-state index contributed by atoms with van der Waals surface area (Å²) >= 11 is 1.14. The predicted octanol–water partition coefficient (Wildman–Crippen LogP) is 4.52. The Kier molecular flexibility index (Phi) is 6.58. The SMILES string of the molecule is CCN1C(=O)COc2ccc(C(=O)C(C)n3cnc4sc(C(=O)Nc5ccccc5C)c(C)c4c3=O)cc21. The number of Topliss-reactive ketones (excluding diaryl/α,β-unsaturated/α-hetero) is 1. The van der Waals surface area contributed by atoms with Gasteiger partial charge in [0.2, 0.25) is 0 Å². The maximum Gasteiger partial charge on any atom is 0.266 e. The molecule has 5 rings (SSSR count). The number of aryl methyl sites for hydroxylation is 2. The highest BCUT2D eigenvalue weighted by molar-refractivity contribution is 7.20. The standard InChI is InChI=1S/C28H26N4O5S/c1-5-31-20-12-18(10-11-21(20)37-13-22(31)33)24(34)17(4)32-14-29-27-23(28(32)36)16(3)25(38-27)26(35)30-19-9-7-6-8-15(19)2/h6-12,14,17H,5,13H2,1-4H3,(H,30,35). The van der Waals surface area contributed by atoms with E-state index in [4.69, 9.17) is 4.74 Å². The molecule has 0 bridgehead atoms. The first-order valence-corrected chi connectivity index (χ1v) is 13.0. The van der Waals surface area contributed by atoms with Crippen LogP contribution in [0.2, 0.25) is 0 Å². The molecule has 0 saturated carbocycles. The normalized spacial score (nSPS) is 13.7. The highest BCUT2D eigenvalue weighted by Gasteiger charge is 2.28. The quantitative estimate of drug-likeness (QED) is 0.367. The van der Waals surface area contributed by atoms with Crippen LogP contribution in [-0.4, -0.2) is 40.3 Å². The van der Waals surface area contributed by atoms with Gasteiger partial charge in [0, 0.05) is 17.8 Å². The molecule has 0 aliphatic carbocycles. The number of amides is 2. The Balaban J connectivity index is 1.47. The Hall–Kier alpha value is -4.31. The van der Waals surface area contributed by atoms with E-state index in [1.54, 1.807) is 36.9 Å². The molecule has 0 spiro atoms. The summed E-state index contributed by atoms with van der Waals surface area (Å²) in [4.78, 5) is 59.0. The summed E-state index contributed by atoms with van der Waals surface area (Å²) < 4.78 is 6.78. The molecule has 194 valence electrons. The van der Waals surface area contributed by atoms with Gasteiger partial charge in [-0.15, -0.1) is 11.3 Å². The van der Waals surface area contributed by atoms with E-state index in [1.165, 1.54) is 10.9 Å². The van der Waals surface area contributed by atoms with Crippen LogP contribution in [0.25, 0.3) is 10.2 Å². The summed E-state index contributed by atoms with van der Waals surface area (Å²) in [5.41, 5.74) is 2.61. The van der Waals surface area contributed by atoms with Crippen molar-refractivity contribution in [1.82, 2.24) is 9.55 Å². The molecular formula is C28H26N4O5S. The second-order valence-electron chi connectivity index (χ2n) is 9.11. The smallest absolute Gasteiger partial charge is 0.266 e. The predicted molar refractivity (Wildman–Crippen MR) is 147 cm³/mol. The average Bonchev–Trinajstić information content (AvgIpc) is 3.26. The molecule has 2 aromatic heterocycles. The highest BCUT2D eigenvalue weighted by Crippen LogP contribution is 2.34. The molecule has 1 aliphatic heterocycles. The lowest BCUT2D eigenvalue weighted by Gasteiger charge is -2.28. The minimum absolute atomic E-state index is 0.0451. The molecule has 1 N–H and O–H groups in total. The second kappa shape index (κ2) is 9.86. The van der Waals surface area contributed by atoms with Crippen LogP contribution in [0, 0.1) is 13.8 Å². The lowest BCUT2D eigenvalue weighted by molar-refractivity contribution is -0.121. The van der Waals surface area contributed by atoms with Gasteiger partial charge in [-0.3, -0.25) is 23.7 Å². The number of anilines is 2. The van der Waals surface area contributed by atoms with Crippen LogP contribution in [0.3, 0.4) is 0 Å². The van der Waals surface area contributed by atoms with Gasteiger partial charge in [0.1, 0.15) is 10.6 Å². The molecule has 4 aromatic rings. The molecule has 1 aliphatic rings. The third-order valence-electron chi connectivity index (χ3n) is 6.77. The number of para-hydroxylation sites is 1. The van der Waals surface area contributed by atoms with Gasteiger partial charge < -0.3 is 15.0 Å². The highest BCUT2D eigenvalue weighted by atomic mass is 32.1. The van der Waals surface area contributed by atoms with E-state index < -0.39 is 11.6 Å². The van der Waals surface area contributed by atoms with Gasteiger partial charge in [0.15, 0.2) is 12.4 Å². The van der Waals surface area contributed by atoms with Crippen molar-refractivity contribution in [3.8, 4) is 5.75 Å². The zero-order valence-electron chi connectivity index (χ0n) is 21.4. The van der Waals surface area contributed by atoms with E-state index in [-0.39, 0.29) is 24.2 Å². The summed E-state index contributed by atoms with van der Waals surface area (Å²) in [6.45, 7) is 7.49. The van der Waals surface area contributed by atoms with Crippen molar-refractivity contribution in [2.24, 2.45) is 0 Å². The van der Waals surface area contributed by atoms with Crippen LogP contribution >= 0.6 is 11.3 Å². The Labute approximate surface area is 222 Å². The number of nitrogens with one attached hydrogen (secondary N) is 1. The van der Waals surface area contributed by atoms with Crippen LogP contribution < -0.4 is 20.5 Å². The van der Waals surface area contributed by atoms with Crippen molar-refractivity contribution in [3.05, 3.63) is 80.7 Å².